The van der Waals surface area contributed by atoms with Crippen molar-refractivity contribution in [1.82, 2.24) is 10.2 Å². The predicted octanol–water partition coefficient (Wildman–Crippen LogP) is 2.85. The van der Waals surface area contributed by atoms with Crippen molar-refractivity contribution in [2.24, 2.45) is 5.41 Å². The summed E-state index contributed by atoms with van der Waals surface area (Å²) in [7, 11) is 2.26. The van der Waals surface area contributed by atoms with Crippen LogP contribution in [0, 0.1) is 5.41 Å². The first-order valence-corrected chi connectivity index (χ1v) is 7.64. The maximum absolute atomic E-state index is 3.74. The lowest BCUT2D eigenvalue weighted by Gasteiger charge is -2.39. The fraction of sp³-hybridized carbons (Fsp3) is 0.600. The van der Waals surface area contributed by atoms with Gasteiger partial charge in [-0.1, -0.05) is 34.1 Å². The van der Waals surface area contributed by atoms with Gasteiger partial charge in [-0.05, 0) is 50.0 Å². The Hall–Kier alpha value is -0.380. The van der Waals surface area contributed by atoms with Crippen LogP contribution in [0.4, 0.5) is 0 Å². The number of nitrogens with one attached hydrogen (secondary N) is 1. The van der Waals surface area contributed by atoms with Crippen LogP contribution >= 0.6 is 15.9 Å². The van der Waals surface area contributed by atoms with Crippen molar-refractivity contribution in [1.29, 1.82) is 0 Å². The van der Waals surface area contributed by atoms with Crippen LogP contribution in [0.3, 0.4) is 0 Å². The number of likely N-dealkylation sites (N-methyl/N-ethyl adjacent to an activating group) is 1. The number of rotatable bonds is 1. The van der Waals surface area contributed by atoms with Crippen LogP contribution in [-0.4, -0.2) is 38.1 Å². The van der Waals surface area contributed by atoms with Crippen LogP contribution in [0.2, 0.25) is 0 Å². The van der Waals surface area contributed by atoms with E-state index in [0.29, 0.717) is 11.3 Å². The van der Waals surface area contributed by atoms with E-state index in [1.165, 1.54) is 49.1 Å². The number of hydrogen-bond donors (Lipinski definition) is 1. The van der Waals surface area contributed by atoms with Crippen molar-refractivity contribution in [3.63, 3.8) is 0 Å². The lowest BCUT2D eigenvalue weighted by Crippen LogP contribution is -2.41. The summed E-state index contributed by atoms with van der Waals surface area (Å²) < 4.78 is 1.28. The Morgan fingerprint density at radius 1 is 1.28 bits per heavy atom. The molecule has 2 saturated heterocycles. The van der Waals surface area contributed by atoms with Crippen molar-refractivity contribution >= 4 is 15.9 Å². The molecule has 2 aliphatic heterocycles. The summed E-state index contributed by atoms with van der Waals surface area (Å²) in [6.07, 6.45) is 2.62. The average Bonchev–Trinajstić information content (AvgIpc) is 2.67. The Labute approximate surface area is 118 Å². The van der Waals surface area contributed by atoms with E-state index in [4.69, 9.17) is 0 Å². The van der Waals surface area contributed by atoms with Crippen molar-refractivity contribution in [3.8, 4) is 0 Å². The summed E-state index contributed by atoms with van der Waals surface area (Å²) in [6, 6.07) is 8.77. The highest BCUT2D eigenvalue weighted by atomic mass is 79.9. The molecule has 1 aromatic carbocycles. The zero-order valence-electron chi connectivity index (χ0n) is 11.0. The Balaban J connectivity index is 1.96. The predicted molar refractivity (Wildman–Crippen MR) is 78.9 cm³/mol. The second-order valence-electron chi connectivity index (χ2n) is 5.88. The van der Waals surface area contributed by atoms with E-state index in [0.717, 1.165) is 0 Å². The molecule has 0 amide bonds. The van der Waals surface area contributed by atoms with Crippen molar-refractivity contribution in [2.45, 2.75) is 18.8 Å². The summed E-state index contributed by atoms with van der Waals surface area (Å²) in [4.78, 5) is 2.51. The highest BCUT2D eigenvalue weighted by Gasteiger charge is 2.46. The van der Waals surface area contributed by atoms with Gasteiger partial charge in [0.2, 0.25) is 0 Å². The number of piperidine rings is 1. The van der Waals surface area contributed by atoms with Gasteiger partial charge in [-0.15, -0.1) is 0 Å². The van der Waals surface area contributed by atoms with E-state index in [9.17, 15) is 0 Å². The molecule has 1 spiro atoms. The standard InChI is InChI=1S/C15H21BrN2/c1-18-10-13(12-4-2-3-5-14(12)16)15(11-18)6-8-17-9-7-15/h2-5,13,17H,6-11H2,1H3. The number of likely N-dealkylation sites (tertiary alicyclic amines) is 1. The third-order valence-electron chi connectivity index (χ3n) is 4.70. The monoisotopic (exact) mass is 308 g/mol. The quantitative estimate of drug-likeness (QED) is 0.858. The first kappa shape index (κ1) is 12.6. The largest absolute Gasteiger partial charge is 0.317 e. The summed E-state index contributed by atoms with van der Waals surface area (Å²) in [6.45, 7) is 4.80. The minimum Gasteiger partial charge on any atom is -0.317 e. The second-order valence-corrected chi connectivity index (χ2v) is 6.74. The van der Waals surface area contributed by atoms with Crippen molar-refractivity contribution < 1.29 is 0 Å². The fourth-order valence-electron chi connectivity index (χ4n) is 3.83. The normalized spacial score (nSPS) is 27.8. The summed E-state index contributed by atoms with van der Waals surface area (Å²) in [5.41, 5.74) is 1.99. The highest BCUT2D eigenvalue weighted by Crippen LogP contribution is 2.49. The maximum atomic E-state index is 3.74. The van der Waals surface area contributed by atoms with Gasteiger partial charge in [0.15, 0.2) is 0 Å². The lowest BCUT2D eigenvalue weighted by atomic mass is 9.69. The molecule has 1 aromatic rings. The van der Waals surface area contributed by atoms with Crippen molar-refractivity contribution in [3.05, 3.63) is 34.3 Å². The molecule has 0 aromatic heterocycles. The van der Waals surface area contributed by atoms with E-state index >= 15 is 0 Å². The number of benzene rings is 1. The lowest BCUT2D eigenvalue weighted by molar-refractivity contribution is 0.187. The first-order chi connectivity index (χ1) is 8.71. The van der Waals surface area contributed by atoms with Gasteiger partial charge >= 0.3 is 0 Å². The van der Waals surface area contributed by atoms with Crippen LogP contribution < -0.4 is 5.32 Å². The molecule has 98 valence electrons. The van der Waals surface area contributed by atoms with Gasteiger partial charge in [-0.3, -0.25) is 0 Å². The molecule has 1 N–H and O–H groups in total. The molecular formula is C15H21BrN2. The molecule has 3 rings (SSSR count). The van der Waals surface area contributed by atoms with E-state index in [1.54, 1.807) is 0 Å². The van der Waals surface area contributed by atoms with Gasteiger partial charge in [0.25, 0.3) is 0 Å². The van der Waals surface area contributed by atoms with Gasteiger partial charge in [0.1, 0.15) is 0 Å². The van der Waals surface area contributed by atoms with Crippen LogP contribution in [0.15, 0.2) is 28.7 Å². The molecule has 0 aliphatic carbocycles. The number of hydrogen-bond acceptors (Lipinski definition) is 2. The van der Waals surface area contributed by atoms with Gasteiger partial charge in [0.05, 0.1) is 0 Å². The zero-order chi connectivity index (χ0) is 12.6. The second kappa shape index (κ2) is 4.95. The van der Waals surface area contributed by atoms with Crippen LogP contribution in [0.5, 0.6) is 0 Å². The molecule has 18 heavy (non-hydrogen) atoms. The van der Waals surface area contributed by atoms with Crippen molar-refractivity contribution in [2.75, 3.05) is 33.2 Å². The molecule has 1 atom stereocenters. The smallest absolute Gasteiger partial charge is 0.0210 e. The Kier molecular flexibility index (Phi) is 3.48. The Morgan fingerprint density at radius 3 is 2.72 bits per heavy atom. The van der Waals surface area contributed by atoms with E-state index < -0.39 is 0 Å². The van der Waals surface area contributed by atoms with Gasteiger partial charge in [-0.25, -0.2) is 0 Å². The topological polar surface area (TPSA) is 15.3 Å². The number of halogens is 1. The highest BCUT2D eigenvalue weighted by molar-refractivity contribution is 9.10. The molecular weight excluding hydrogens is 288 g/mol. The van der Waals surface area contributed by atoms with Gasteiger partial charge < -0.3 is 10.2 Å². The Bertz CT molecular complexity index is 426. The molecule has 0 radical (unpaired) electrons. The molecule has 0 bridgehead atoms. The molecule has 1 unspecified atom stereocenters. The molecule has 2 aliphatic rings. The minimum atomic E-state index is 0.490. The molecule has 2 fully saturated rings. The Morgan fingerprint density at radius 2 is 2.00 bits per heavy atom. The van der Waals surface area contributed by atoms with E-state index in [-0.39, 0.29) is 0 Å². The summed E-state index contributed by atoms with van der Waals surface area (Å²) in [5, 5.41) is 3.51. The average molecular weight is 309 g/mol. The molecule has 3 heteroatoms. The van der Waals surface area contributed by atoms with E-state index in [1.807, 2.05) is 0 Å². The molecule has 2 heterocycles. The summed E-state index contributed by atoms with van der Waals surface area (Å²) >= 11 is 3.74. The fourth-order valence-corrected chi connectivity index (χ4v) is 4.40. The third kappa shape index (κ3) is 2.13. The van der Waals surface area contributed by atoms with Crippen LogP contribution in [-0.2, 0) is 0 Å². The minimum absolute atomic E-state index is 0.490. The number of nitrogens with zero attached hydrogens (tertiary/aromatic N) is 1. The van der Waals surface area contributed by atoms with Gasteiger partial charge in [0, 0.05) is 23.5 Å². The summed E-state index contributed by atoms with van der Waals surface area (Å²) in [5.74, 6) is 0.681. The van der Waals surface area contributed by atoms with Crippen LogP contribution in [0.25, 0.3) is 0 Å². The molecule has 2 nitrogen and oxygen atoms in total. The van der Waals surface area contributed by atoms with Gasteiger partial charge in [-0.2, -0.15) is 0 Å². The SMILES string of the molecule is CN1CC(c2ccccc2Br)C2(CCNCC2)C1. The third-order valence-corrected chi connectivity index (χ3v) is 5.42. The van der Waals surface area contributed by atoms with Crippen LogP contribution in [0.1, 0.15) is 24.3 Å². The van der Waals surface area contributed by atoms with E-state index in [2.05, 4.69) is 57.5 Å². The molecule has 0 saturated carbocycles. The maximum Gasteiger partial charge on any atom is 0.0210 e. The first-order valence-electron chi connectivity index (χ1n) is 6.85. The zero-order valence-corrected chi connectivity index (χ0v) is 12.5.